The van der Waals surface area contributed by atoms with Gasteiger partial charge in [-0.1, -0.05) is 31.4 Å². The second kappa shape index (κ2) is 8.90. The van der Waals surface area contributed by atoms with E-state index in [1.807, 2.05) is 0 Å². The van der Waals surface area contributed by atoms with Crippen molar-refractivity contribution in [1.82, 2.24) is 9.97 Å². The summed E-state index contributed by atoms with van der Waals surface area (Å²) in [7, 11) is 0. The zero-order chi connectivity index (χ0) is 15.8. The van der Waals surface area contributed by atoms with Crippen molar-refractivity contribution in [1.29, 1.82) is 0 Å². The van der Waals surface area contributed by atoms with Crippen molar-refractivity contribution < 1.29 is 19.0 Å². The van der Waals surface area contributed by atoms with Crippen LogP contribution in [0.4, 0.5) is 0 Å². The highest BCUT2D eigenvalue weighted by Gasteiger charge is 2.20. The molecule has 2 atom stereocenters. The first-order valence-corrected chi connectivity index (χ1v) is 7.89. The van der Waals surface area contributed by atoms with Gasteiger partial charge in [-0.3, -0.25) is 4.98 Å². The van der Waals surface area contributed by atoms with Crippen molar-refractivity contribution in [3.05, 3.63) is 17.5 Å². The quantitative estimate of drug-likeness (QED) is 0.566. The molecule has 7 heteroatoms. The molecular weight excluding hydrogens is 308 g/mol. The number of carbonyl (C=O) groups excluding carboxylic acids is 1. The van der Waals surface area contributed by atoms with Crippen LogP contribution in [-0.2, 0) is 14.3 Å². The third kappa shape index (κ3) is 6.15. The van der Waals surface area contributed by atoms with Crippen molar-refractivity contribution in [2.75, 3.05) is 19.8 Å². The summed E-state index contributed by atoms with van der Waals surface area (Å²) in [6.45, 7) is 2.54. The van der Waals surface area contributed by atoms with Crippen LogP contribution in [0.5, 0.6) is 5.88 Å². The van der Waals surface area contributed by atoms with Crippen LogP contribution in [0.25, 0.3) is 0 Å². The Labute approximate surface area is 135 Å². The Kier molecular flexibility index (Phi) is 6.86. The summed E-state index contributed by atoms with van der Waals surface area (Å²) < 4.78 is 15.9. The fourth-order valence-electron chi connectivity index (χ4n) is 2.45. The van der Waals surface area contributed by atoms with Crippen LogP contribution < -0.4 is 4.74 Å². The summed E-state index contributed by atoms with van der Waals surface area (Å²) in [6, 6.07) is 0. The van der Waals surface area contributed by atoms with E-state index in [9.17, 15) is 4.79 Å². The minimum absolute atomic E-state index is 0.00560. The molecule has 1 aliphatic carbocycles. The Bertz CT molecular complexity index is 486. The summed E-state index contributed by atoms with van der Waals surface area (Å²) in [5.41, 5.74) is 0. The third-order valence-corrected chi connectivity index (χ3v) is 3.69. The van der Waals surface area contributed by atoms with E-state index in [-0.39, 0.29) is 37.0 Å². The van der Waals surface area contributed by atoms with Crippen LogP contribution in [0, 0.1) is 5.92 Å². The van der Waals surface area contributed by atoms with E-state index in [1.165, 1.54) is 18.8 Å². The zero-order valence-electron chi connectivity index (χ0n) is 12.7. The average Bonchev–Trinajstić information content (AvgIpc) is 2.50. The largest absolute Gasteiger partial charge is 0.473 e. The van der Waals surface area contributed by atoms with Gasteiger partial charge in [0.15, 0.2) is 5.15 Å². The minimum Gasteiger partial charge on any atom is -0.473 e. The van der Waals surface area contributed by atoms with Gasteiger partial charge >= 0.3 is 5.97 Å². The highest BCUT2D eigenvalue weighted by atomic mass is 35.5. The zero-order valence-corrected chi connectivity index (χ0v) is 13.4. The number of esters is 1. The van der Waals surface area contributed by atoms with Crippen molar-refractivity contribution >= 4 is 17.6 Å². The van der Waals surface area contributed by atoms with Gasteiger partial charge in [-0.05, 0) is 18.8 Å². The number of carbonyl (C=O) groups is 1. The highest BCUT2D eigenvalue weighted by Crippen LogP contribution is 2.25. The van der Waals surface area contributed by atoms with Crippen LogP contribution >= 0.6 is 11.6 Å². The van der Waals surface area contributed by atoms with E-state index in [2.05, 4.69) is 16.9 Å². The number of aromatic nitrogens is 2. The monoisotopic (exact) mass is 328 g/mol. The first-order chi connectivity index (χ1) is 10.6. The first-order valence-electron chi connectivity index (χ1n) is 7.51. The van der Waals surface area contributed by atoms with Crippen LogP contribution in [0.1, 0.15) is 32.6 Å². The number of hydrogen-bond acceptors (Lipinski definition) is 6. The summed E-state index contributed by atoms with van der Waals surface area (Å²) in [5, 5.41) is 0.254. The van der Waals surface area contributed by atoms with E-state index < -0.39 is 0 Å². The summed E-state index contributed by atoms with van der Waals surface area (Å²) >= 11 is 5.68. The maximum Gasteiger partial charge on any atom is 0.332 e. The normalized spacial score (nSPS) is 21.4. The molecule has 0 spiro atoms. The summed E-state index contributed by atoms with van der Waals surface area (Å²) in [5.74, 6) is 0.594. The molecule has 1 aliphatic rings. The number of hydrogen-bond donors (Lipinski definition) is 0. The number of ether oxygens (including phenoxy) is 3. The molecule has 1 saturated carbocycles. The predicted molar refractivity (Wildman–Crippen MR) is 80.9 cm³/mol. The molecule has 0 aliphatic heterocycles. The van der Waals surface area contributed by atoms with Gasteiger partial charge in [-0.2, -0.15) is 4.98 Å². The maximum atomic E-state index is 11.6. The highest BCUT2D eigenvalue weighted by molar-refractivity contribution is 6.29. The molecule has 1 heterocycles. The SMILES string of the molecule is C[C@@H]1CCC[C@@H](OCC(=O)OCCOc2cncc(Cl)n2)C1. The average molecular weight is 329 g/mol. The second-order valence-corrected chi connectivity index (χ2v) is 5.84. The van der Waals surface area contributed by atoms with Gasteiger partial charge in [0, 0.05) is 0 Å². The van der Waals surface area contributed by atoms with Gasteiger partial charge in [0.25, 0.3) is 0 Å². The van der Waals surface area contributed by atoms with Crippen LogP contribution in [0.2, 0.25) is 5.15 Å². The Hall–Kier alpha value is -1.40. The molecule has 0 saturated heterocycles. The predicted octanol–water partition coefficient (Wildman–Crippen LogP) is 2.65. The third-order valence-electron chi connectivity index (χ3n) is 3.50. The molecule has 0 N–H and O–H groups in total. The Balaban J connectivity index is 1.56. The fraction of sp³-hybridized carbons (Fsp3) is 0.667. The molecule has 1 aromatic heterocycles. The summed E-state index contributed by atoms with van der Waals surface area (Å²) in [6.07, 6.45) is 7.48. The van der Waals surface area contributed by atoms with E-state index in [0.717, 1.165) is 19.3 Å². The fourth-order valence-corrected chi connectivity index (χ4v) is 2.59. The second-order valence-electron chi connectivity index (χ2n) is 5.45. The topological polar surface area (TPSA) is 70.5 Å². The van der Waals surface area contributed by atoms with Crippen molar-refractivity contribution in [2.45, 2.75) is 38.7 Å². The molecule has 1 aromatic rings. The van der Waals surface area contributed by atoms with Gasteiger partial charge in [0.1, 0.15) is 19.8 Å². The van der Waals surface area contributed by atoms with E-state index >= 15 is 0 Å². The van der Waals surface area contributed by atoms with E-state index in [1.54, 1.807) is 0 Å². The number of nitrogens with zero attached hydrogens (tertiary/aromatic N) is 2. The van der Waals surface area contributed by atoms with Crippen molar-refractivity contribution in [3.63, 3.8) is 0 Å². The number of halogens is 1. The van der Waals surface area contributed by atoms with Crippen LogP contribution in [0.3, 0.4) is 0 Å². The molecule has 0 amide bonds. The lowest BCUT2D eigenvalue weighted by Gasteiger charge is -2.26. The van der Waals surface area contributed by atoms with Crippen LogP contribution in [-0.4, -0.2) is 41.9 Å². The maximum absolute atomic E-state index is 11.6. The molecule has 0 unspecified atom stereocenters. The van der Waals surface area contributed by atoms with Gasteiger partial charge in [-0.15, -0.1) is 0 Å². The lowest BCUT2D eigenvalue weighted by atomic mass is 9.89. The van der Waals surface area contributed by atoms with Crippen LogP contribution in [0.15, 0.2) is 12.4 Å². The molecule has 0 radical (unpaired) electrons. The van der Waals surface area contributed by atoms with Gasteiger partial charge < -0.3 is 14.2 Å². The molecule has 1 fully saturated rings. The molecule has 0 bridgehead atoms. The smallest absolute Gasteiger partial charge is 0.332 e. The molecule has 22 heavy (non-hydrogen) atoms. The van der Waals surface area contributed by atoms with Gasteiger partial charge in [0.05, 0.1) is 18.5 Å². The Morgan fingerprint density at radius 2 is 2.23 bits per heavy atom. The summed E-state index contributed by atoms with van der Waals surface area (Å²) in [4.78, 5) is 19.3. The van der Waals surface area contributed by atoms with Crippen molar-refractivity contribution in [3.8, 4) is 5.88 Å². The van der Waals surface area contributed by atoms with E-state index in [0.29, 0.717) is 11.8 Å². The minimum atomic E-state index is -0.376. The van der Waals surface area contributed by atoms with Gasteiger partial charge in [0.2, 0.25) is 5.88 Å². The molecule has 122 valence electrons. The Morgan fingerprint density at radius 3 is 3.00 bits per heavy atom. The molecule has 2 rings (SSSR count). The van der Waals surface area contributed by atoms with Gasteiger partial charge in [-0.25, -0.2) is 4.79 Å². The lowest BCUT2D eigenvalue weighted by Crippen LogP contribution is -2.25. The lowest BCUT2D eigenvalue weighted by molar-refractivity contribution is -0.152. The first kappa shape index (κ1) is 17.0. The van der Waals surface area contributed by atoms with Crippen molar-refractivity contribution in [2.24, 2.45) is 5.92 Å². The standard InChI is InChI=1S/C15H21ClN2O4/c1-11-3-2-4-12(7-11)22-10-15(19)21-6-5-20-14-9-17-8-13(16)18-14/h8-9,11-12H,2-7,10H2,1H3/t11-,12-/m1/s1. The number of rotatable bonds is 7. The molecule has 6 nitrogen and oxygen atoms in total. The molecule has 0 aromatic carbocycles. The van der Waals surface area contributed by atoms with E-state index in [4.69, 9.17) is 25.8 Å². The molecular formula is C15H21ClN2O4. The Morgan fingerprint density at radius 1 is 1.36 bits per heavy atom.